The minimum Gasteiger partial charge on any atom is -0.507 e. The largest absolute Gasteiger partial charge is 0.507 e. The Labute approximate surface area is 233 Å². The van der Waals surface area contributed by atoms with Gasteiger partial charge in [-0.2, -0.15) is 0 Å². The fraction of sp³-hybridized carbons (Fsp3) is 0.543. The van der Waals surface area contributed by atoms with Crippen molar-refractivity contribution < 1.29 is 9.84 Å². The number of hydrogen-bond acceptors (Lipinski definition) is 3. The van der Waals surface area contributed by atoms with Gasteiger partial charge in [0.25, 0.3) is 0 Å². The number of aromatic hydroxyl groups is 1. The molecule has 1 fully saturated rings. The van der Waals surface area contributed by atoms with Gasteiger partial charge in [0.05, 0.1) is 4.90 Å². The van der Waals surface area contributed by atoms with Crippen molar-refractivity contribution in [1.82, 2.24) is 0 Å². The Balaban J connectivity index is 1.54. The van der Waals surface area contributed by atoms with E-state index < -0.39 is 0 Å². The zero-order valence-electron chi connectivity index (χ0n) is 24.2. The molecule has 0 aromatic heterocycles. The molecular weight excluding hydrogens is 484 g/mol. The first kappa shape index (κ1) is 26.1. The van der Waals surface area contributed by atoms with Crippen LogP contribution in [0.5, 0.6) is 11.5 Å². The van der Waals surface area contributed by atoms with Gasteiger partial charge in [0.2, 0.25) is 0 Å². The number of fused-ring (bicyclic) bond motifs is 8. The monoisotopic (exact) mass is 528 g/mol. The Hall–Kier alpha value is -2.13. The molecule has 3 heteroatoms. The second-order valence-electron chi connectivity index (χ2n) is 14.0. The smallest absolute Gasteiger partial charge is 0.159 e. The summed E-state index contributed by atoms with van der Waals surface area (Å²) in [4.78, 5) is 0.998. The van der Waals surface area contributed by atoms with Crippen molar-refractivity contribution in [2.75, 3.05) is 0 Å². The van der Waals surface area contributed by atoms with Crippen LogP contribution in [-0.4, -0.2) is 10.0 Å². The number of hydrogen-bond donors (Lipinski definition) is 1. The molecule has 1 saturated carbocycles. The summed E-state index contributed by atoms with van der Waals surface area (Å²) in [6.45, 7) is 14.2. The number of phenols is 1. The van der Waals surface area contributed by atoms with E-state index in [-0.39, 0.29) is 21.2 Å². The van der Waals surface area contributed by atoms with E-state index in [2.05, 4.69) is 84.0 Å². The van der Waals surface area contributed by atoms with Crippen molar-refractivity contribution in [2.24, 2.45) is 10.8 Å². The van der Waals surface area contributed by atoms with Gasteiger partial charge in [-0.15, -0.1) is 0 Å². The third-order valence-corrected chi connectivity index (χ3v) is 10.7. The fourth-order valence-corrected chi connectivity index (χ4v) is 10.2. The first-order chi connectivity index (χ1) is 18.0. The van der Waals surface area contributed by atoms with Crippen LogP contribution in [0.4, 0.5) is 0 Å². The topological polar surface area (TPSA) is 29.5 Å². The van der Waals surface area contributed by atoms with Gasteiger partial charge in [0.15, 0.2) is 4.93 Å². The van der Waals surface area contributed by atoms with Crippen LogP contribution < -0.4 is 4.74 Å². The molecule has 38 heavy (non-hydrogen) atoms. The van der Waals surface area contributed by atoms with Crippen LogP contribution in [-0.2, 0) is 5.41 Å². The second kappa shape index (κ2) is 8.95. The van der Waals surface area contributed by atoms with Gasteiger partial charge in [-0.1, -0.05) is 96.8 Å². The number of rotatable bonds is 6. The van der Waals surface area contributed by atoms with Crippen molar-refractivity contribution in [3.63, 3.8) is 0 Å². The highest BCUT2D eigenvalue weighted by molar-refractivity contribution is 8.00. The molecule has 0 radical (unpaired) electrons. The SMILES string of the molecule is CCCCCC1(CCC)Oc2cc3c4c(cc(O)c3cc2S1)C1(CC(C)(C)CC(C)(C)C1)c1ccccc1-4. The van der Waals surface area contributed by atoms with Crippen molar-refractivity contribution in [2.45, 2.75) is 115 Å². The van der Waals surface area contributed by atoms with E-state index in [9.17, 15) is 5.11 Å². The standard InChI is InChI=1S/C35H44O2S/c1-7-9-12-16-35(15-8-2)37-29-17-25-24(18-30(29)38-35)28(36)19-27-31(25)23-13-10-11-14-26(23)34(27)21-32(3,4)20-33(5,6)22-34/h10-11,13-14,17-19,36H,7-9,12,15-16,20-22H2,1-6H3. The summed E-state index contributed by atoms with van der Waals surface area (Å²) in [6, 6.07) is 15.7. The van der Waals surface area contributed by atoms with E-state index in [1.807, 2.05) is 11.8 Å². The lowest BCUT2D eigenvalue weighted by atomic mass is 9.52. The maximum absolute atomic E-state index is 11.6. The van der Waals surface area contributed by atoms with E-state index in [4.69, 9.17) is 4.74 Å². The second-order valence-corrected chi connectivity index (χ2v) is 15.4. The lowest BCUT2D eigenvalue weighted by Gasteiger charge is -2.51. The normalized spacial score (nSPS) is 23.7. The zero-order chi connectivity index (χ0) is 26.9. The van der Waals surface area contributed by atoms with Gasteiger partial charge in [0.1, 0.15) is 11.5 Å². The third kappa shape index (κ3) is 4.07. The Morgan fingerprint density at radius 3 is 2.26 bits per heavy atom. The van der Waals surface area contributed by atoms with Crippen molar-refractivity contribution in [3.05, 3.63) is 53.6 Å². The maximum atomic E-state index is 11.6. The van der Waals surface area contributed by atoms with E-state index in [0.29, 0.717) is 5.75 Å². The molecule has 2 aliphatic carbocycles. The highest BCUT2D eigenvalue weighted by Gasteiger charge is 2.54. The number of thioether (sulfide) groups is 1. The van der Waals surface area contributed by atoms with Crippen LogP contribution >= 0.6 is 11.8 Å². The predicted molar refractivity (Wildman–Crippen MR) is 162 cm³/mol. The van der Waals surface area contributed by atoms with Crippen LogP contribution in [0.1, 0.15) is 110 Å². The minimum atomic E-state index is -0.182. The van der Waals surface area contributed by atoms with Gasteiger partial charge in [0, 0.05) is 10.8 Å². The summed E-state index contributed by atoms with van der Waals surface area (Å²) in [5.74, 6) is 1.41. The average Bonchev–Trinajstić information content (AvgIpc) is 3.29. The lowest BCUT2D eigenvalue weighted by Crippen LogP contribution is -2.43. The summed E-state index contributed by atoms with van der Waals surface area (Å²) in [5, 5.41) is 13.7. The fourth-order valence-electron chi connectivity index (χ4n) is 8.77. The highest BCUT2D eigenvalue weighted by Crippen LogP contribution is 2.65. The summed E-state index contributed by atoms with van der Waals surface area (Å²) in [5.41, 5.74) is 5.78. The highest BCUT2D eigenvalue weighted by atomic mass is 32.2. The Morgan fingerprint density at radius 1 is 0.816 bits per heavy atom. The molecule has 2 nitrogen and oxygen atoms in total. The summed E-state index contributed by atoms with van der Waals surface area (Å²) in [6.07, 6.45) is 10.3. The Bertz CT molecular complexity index is 1380. The molecule has 1 aliphatic heterocycles. The molecule has 3 aromatic carbocycles. The van der Waals surface area contributed by atoms with Gasteiger partial charge >= 0.3 is 0 Å². The quantitative estimate of drug-likeness (QED) is 0.323. The number of unbranched alkanes of at least 4 members (excludes halogenated alkanes) is 2. The van der Waals surface area contributed by atoms with Gasteiger partial charge in [-0.25, -0.2) is 0 Å². The van der Waals surface area contributed by atoms with Crippen molar-refractivity contribution in [1.29, 1.82) is 0 Å². The molecule has 0 amide bonds. The first-order valence-electron chi connectivity index (χ1n) is 14.8. The summed E-state index contributed by atoms with van der Waals surface area (Å²) < 4.78 is 6.86. The van der Waals surface area contributed by atoms with Crippen molar-refractivity contribution >= 4 is 22.5 Å². The molecule has 1 heterocycles. The molecular formula is C35H44O2S. The molecule has 1 unspecified atom stereocenters. The van der Waals surface area contributed by atoms with Crippen LogP contribution in [0.15, 0.2) is 47.4 Å². The molecule has 6 rings (SSSR count). The van der Waals surface area contributed by atoms with Crippen LogP contribution in [0.3, 0.4) is 0 Å². The molecule has 1 spiro atoms. The summed E-state index contributed by atoms with van der Waals surface area (Å²) in [7, 11) is 0. The number of ether oxygens (including phenoxy) is 1. The van der Waals surface area contributed by atoms with E-state index >= 15 is 0 Å². The van der Waals surface area contributed by atoms with Crippen LogP contribution in [0, 0.1) is 10.8 Å². The lowest BCUT2D eigenvalue weighted by molar-refractivity contribution is 0.0645. The first-order valence-corrected chi connectivity index (χ1v) is 15.7. The Kier molecular flexibility index (Phi) is 6.15. The zero-order valence-corrected chi connectivity index (χ0v) is 25.0. The predicted octanol–water partition coefficient (Wildman–Crippen LogP) is 10.6. The van der Waals surface area contributed by atoms with Crippen LogP contribution in [0.25, 0.3) is 21.9 Å². The molecule has 1 N–H and O–H groups in total. The van der Waals surface area contributed by atoms with Crippen molar-refractivity contribution in [3.8, 4) is 22.6 Å². The number of benzene rings is 3. The molecule has 3 aromatic rings. The molecule has 1 atom stereocenters. The minimum absolute atomic E-state index is 0.0798. The third-order valence-electron chi connectivity index (χ3n) is 9.31. The Morgan fingerprint density at radius 2 is 1.55 bits per heavy atom. The molecule has 3 aliphatic rings. The van der Waals surface area contributed by atoms with E-state index in [1.165, 1.54) is 52.8 Å². The van der Waals surface area contributed by atoms with E-state index in [0.717, 1.165) is 48.6 Å². The maximum Gasteiger partial charge on any atom is 0.159 e. The van der Waals surface area contributed by atoms with Gasteiger partial charge in [-0.05, 0) is 95.2 Å². The van der Waals surface area contributed by atoms with Gasteiger partial charge < -0.3 is 9.84 Å². The average molecular weight is 529 g/mol. The van der Waals surface area contributed by atoms with Gasteiger partial charge in [-0.3, -0.25) is 0 Å². The summed E-state index contributed by atoms with van der Waals surface area (Å²) >= 11 is 1.89. The molecule has 0 saturated heterocycles. The van der Waals surface area contributed by atoms with E-state index in [1.54, 1.807) is 0 Å². The van der Waals surface area contributed by atoms with Crippen LogP contribution in [0.2, 0.25) is 0 Å². The number of phenolic OH excluding ortho intramolecular Hbond substituents is 1. The molecule has 0 bridgehead atoms. The molecule has 202 valence electrons.